The molecule has 0 amide bonds. The molecule has 0 atom stereocenters. The minimum atomic E-state index is -0.637. The van der Waals surface area contributed by atoms with E-state index in [1.165, 1.54) is 22.3 Å². The van der Waals surface area contributed by atoms with Crippen molar-refractivity contribution >= 4 is 16.9 Å². The highest BCUT2D eigenvalue weighted by molar-refractivity contribution is 5.83. The molecule has 0 radical (unpaired) electrons. The van der Waals surface area contributed by atoms with Crippen molar-refractivity contribution in [3.05, 3.63) is 66.4 Å². The standard InChI is InChI=1S/C23H26N2O2/c26-23(27)18-12-15-24(16-13-18)14-6-10-21-17-19-7-4-5-11-22(19)25(21)20-8-2-1-3-9-20/h1-5,7-9,11,17-18H,6,10,12-16H2,(H,26,27). The Balaban J connectivity index is 1.46. The fourth-order valence-electron chi connectivity index (χ4n) is 4.17. The van der Waals surface area contributed by atoms with E-state index in [-0.39, 0.29) is 5.92 Å². The van der Waals surface area contributed by atoms with Gasteiger partial charge in [-0.05, 0) is 69.6 Å². The monoisotopic (exact) mass is 362 g/mol. The summed E-state index contributed by atoms with van der Waals surface area (Å²) in [7, 11) is 0. The number of nitrogens with zero attached hydrogens (tertiary/aromatic N) is 2. The number of benzene rings is 2. The minimum Gasteiger partial charge on any atom is -0.481 e. The van der Waals surface area contributed by atoms with Gasteiger partial charge in [-0.1, -0.05) is 36.4 Å². The van der Waals surface area contributed by atoms with E-state index in [2.05, 4.69) is 70.1 Å². The van der Waals surface area contributed by atoms with Crippen LogP contribution in [0.25, 0.3) is 16.6 Å². The summed E-state index contributed by atoms with van der Waals surface area (Å²) in [5.41, 5.74) is 3.79. The number of rotatable bonds is 6. The summed E-state index contributed by atoms with van der Waals surface area (Å²) < 4.78 is 2.37. The number of carboxylic acids is 1. The second kappa shape index (κ2) is 7.97. The number of carbonyl (C=O) groups is 1. The van der Waals surface area contributed by atoms with E-state index >= 15 is 0 Å². The van der Waals surface area contributed by atoms with Gasteiger partial charge in [0, 0.05) is 16.8 Å². The zero-order chi connectivity index (χ0) is 18.6. The maximum Gasteiger partial charge on any atom is 0.306 e. The third kappa shape index (κ3) is 3.91. The molecule has 0 bridgehead atoms. The van der Waals surface area contributed by atoms with Crippen LogP contribution < -0.4 is 0 Å². The van der Waals surface area contributed by atoms with Gasteiger partial charge in [-0.15, -0.1) is 0 Å². The Hall–Kier alpha value is -2.59. The Morgan fingerprint density at radius 1 is 1.00 bits per heavy atom. The lowest BCUT2D eigenvalue weighted by atomic mass is 9.97. The summed E-state index contributed by atoms with van der Waals surface area (Å²) in [5, 5.41) is 10.4. The highest BCUT2D eigenvalue weighted by Crippen LogP contribution is 2.25. The van der Waals surface area contributed by atoms with E-state index in [4.69, 9.17) is 5.11 Å². The molecule has 1 saturated heterocycles. The molecule has 0 saturated carbocycles. The molecule has 4 heteroatoms. The fraction of sp³-hybridized carbons (Fsp3) is 0.348. The van der Waals surface area contributed by atoms with Crippen molar-refractivity contribution < 1.29 is 9.90 Å². The number of para-hydroxylation sites is 2. The number of piperidine rings is 1. The van der Waals surface area contributed by atoms with Crippen LogP contribution in [0.4, 0.5) is 0 Å². The quantitative estimate of drug-likeness (QED) is 0.709. The van der Waals surface area contributed by atoms with Crippen LogP contribution in [0.3, 0.4) is 0 Å². The number of likely N-dealkylation sites (tertiary alicyclic amines) is 1. The van der Waals surface area contributed by atoms with E-state index in [9.17, 15) is 4.79 Å². The van der Waals surface area contributed by atoms with Crippen LogP contribution in [0.2, 0.25) is 0 Å². The second-order valence-corrected chi connectivity index (χ2v) is 7.42. The first kappa shape index (κ1) is 17.8. The lowest BCUT2D eigenvalue weighted by molar-refractivity contribution is -0.143. The number of hydrogen-bond donors (Lipinski definition) is 1. The van der Waals surface area contributed by atoms with E-state index in [0.717, 1.165) is 45.3 Å². The molecule has 1 fully saturated rings. The van der Waals surface area contributed by atoms with Crippen molar-refractivity contribution in [2.75, 3.05) is 19.6 Å². The Bertz CT molecular complexity index is 909. The Kier molecular flexibility index (Phi) is 5.26. The number of carboxylic acid groups (broad SMARTS) is 1. The topological polar surface area (TPSA) is 45.5 Å². The molecule has 4 nitrogen and oxygen atoms in total. The van der Waals surface area contributed by atoms with Gasteiger partial charge >= 0.3 is 5.97 Å². The van der Waals surface area contributed by atoms with Gasteiger partial charge < -0.3 is 14.6 Å². The Morgan fingerprint density at radius 3 is 2.44 bits per heavy atom. The first-order valence-corrected chi connectivity index (χ1v) is 9.82. The molecule has 2 heterocycles. The van der Waals surface area contributed by atoms with Gasteiger partial charge in [-0.3, -0.25) is 4.79 Å². The SMILES string of the molecule is O=C(O)C1CCN(CCCc2cc3ccccc3n2-c2ccccc2)CC1. The number of fused-ring (bicyclic) bond motifs is 1. The molecule has 0 spiro atoms. The number of aromatic nitrogens is 1. The maximum absolute atomic E-state index is 11.1. The molecule has 1 aliphatic rings. The normalized spacial score (nSPS) is 16.0. The van der Waals surface area contributed by atoms with Gasteiger partial charge in [0.25, 0.3) is 0 Å². The predicted octanol–water partition coefficient (Wildman–Crippen LogP) is 4.36. The highest BCUT2D eigenvalue weighted by Gasteiger charge is 2.24. The summed E-state index contributed by atoms with van der Waals surface area (Å²) in [6, 6.07) is 21.4. The summed E-state index contributed by atoms with van der Waals surface area (Å²) in [6.07, 6.45) is 3.66. The van der Waals surface area contributed by atoms with Crippen LogP contribution in [0.15, 0.2) is 60.7 Å². The van der Waals surface area contributed by atoms with Crippen LogP contribution in [-0.4, -0.2) is 40.2 Å². The lowest BCUT2D eigenvalue weighted by Gasteiger charge is -2.29. The van der Waals surface area contributed by atoms with Gasteiger partial charge in [-0.25, -0.2) is 0 Å². The largest absolute Gasteiger partial charge is 0.481 e. The van der Waals surface area contributed by atoms with E-state index in [1.807, 2.05) is 0 Å². The molecular formula is C23H26N2O2. The summed E-state index contributed by atoms with van der Waals surface area (Å²) >= 11 is 0. The zero-order valence-electron chi connectivity index (χ0n) is 15.6. The van der Waals surface area contributed by atoms with Crippen molar-refractivity contribution in [2.45, 2.75) is 25.7 Å². The molecule has 27 heavy (non-hydrogen) atoms. The molecular weight excluding hydrogens is 336 g/mol. The van der Waals surface area contributed by atoms with Crippen LogP contribution >= 0.6 is 0 Å². The van der Waals surface area contributed by atoms with Crippen molar-refractivity contribution in [3.63, 3.8) is 0 Å². The molecule has 1 N–H and O–H groups in total. The highest BCUT2D eigenvalue weighted by atomic mass is 16.4. The number of aliphatic carboxylic acids is 1. The third-order valence-corrected chi connectivity index (χ3v) is 5.65. The smallest absolute Gasteiger partial charge is 0.306 e. The first-order chi connectivity index (χ1) is 13.2. The van der Waals surface area contributed by atoms with Crippen LogP contribution in [-0.2, 0) is 11.2 Å². The van der Waals surface area contributed by atoms with Gasteiger partial charge in [0.1, 0.15) is 0 Å². The molecule has 0 unspecified atom stereocenters. The molecule has 1 aromatic heterocycles. The Labute approximate surface area is 160 Å². The molecule has 1 aliphatic heterocycles. The van der Waals surface area contributed by atoms with Crippen molar-refractivity contribution in [1.82, 2.24) is 9.47 Å². The van der Waals surface area contributed by atoms with E-state index < -0.39 is 5.97 Å². The van der Waals surface area contributed by atoms with Crippen LogP contribution in [0.5, 0.6) is 0 Å². The van der Waals surface area contributed by atoms with Gasteiger partial charge in [0.2, 0.25) is 0 Å². The second-order valence-electron chi connectivity index (χ2n) is 7.42. The van der Waals surface area contributed by atoms with Crippen molar-refractivity contribution in [1.29, 1.82) is 0 Å². The zero-order valence-corrected chi connectivity index (χ0v) is 15.6. The molecule has 2 aromatic carbocycles. The summed E-state index contributed by atoms with van der Waals surface area (Å²) in [6.45, 7) is 2.83. The molecule has 140 valence electrons. The lowest BCUT2D eigenvalue weighted by Crippen LogP contribution is -2.37. The Morgan fingerprint density at radius 2 is 1.70 bits per heavy atom. The van der Waals surface area contributed by atoms with Gasteiger partial charge in [0.05, 0.1) is 11.4 Å². The molecule has 0 aliphatic carbocycles. The average Bonchev–Trinajstić information content (AvgIpc) is 3.07. The van der Waals surface area contributed by atoms with E-state index in [1.54, 1.807) is 0 Å². The molecule has 3 aromatic rings. The first-order valence-electron chi connectivity index (χ1n) is 9.82. The van der Waals surface area contributed by atoms with E-state index in [0.29, 0.717) is 0 Å². The summed E-state index contributed by atoms with van der Waals surface area (Å²) in [5.74, 6) is -0.788. The van der Waals surface area contributed by atoms with Gasteiger partial charge in [0.15, 0.2) is 0 Å². The molecule has 4 rings (SSSR count). The average molecular weight is 362 g/mol. The fourth-order valence-corrected chi connectivity index (χ4v) is 4.17. The van der Waals surface area contributed by atoms with Crippen LogP contribution in [0.1, 0.15) is 25.0 Å². The van der Waals surface area contributed by atoms with Crippen molar-refractivity contribution in [3.8, 4) is 5.69 Å². The predicted molar refractivity (Wildman–Crippen MR) is 108 cm³/mol. The van der Waals surface area contributed by atoms with Crippen LogP contribution in [0, 0.1) is 5.92 Å². The van der Waals surface area contributed by atoms with Crippen molar-refractivity contribution in [2.24, 2.45) is 5.92 Å². The minimum absolute atomic E-state index is 0.151. The number of aryl methyl sites for hydroxylation is 1. The number of hydrogen-bond acceptors (Lipinski definition) is 2. The summed E-state index contributed by atoms with van der Waals surface area (Å²) in [4.78, 5) is 13.5. The third-order valence-electron chi connectivity index (χ3n) is 5.65. The van der Waals surface area contributed by atoms with Gasteiger partial charge in [-0.2, -0.15) is 0 Å². The maximum atomic E-state index is 11.1.